The summed E-state index contributed by atoms with van der Waals surface area (Å²) in [6.07, 6.45) is 13.7. The third-order valence-electron chi connectivity index (χ3n) is 5.41. The van der Waals surface area contributed by atoms with Crippen LogP contribution >= 0.6 is 0 Å². The van der Waals surface area contributed by atoms with Crippen LogP contribution in [0.1, 0.15) is 110 Å². The van der Waals surface area contributed by atoms with E-state index in [1.165, 1.54) is 32.1 Å². The van der Waals surface area contributed by atoms with Crippen LogP contribution in [0.4, 0.5) is 0 Å². The van der Waals surface area contributed by atoms with Crippen molar-refractivity contribution in [1.29, 1.82) is 0 Å². The van der Waals surface area contributed by atoms with E-state index in [1.807, 2.05) is 0 Å². The number of carboxylic acids is 2. The third-order valence-corrected chi connectivity index (χ3v) is 6.88. The molecule has 0 heterocycles. The van der Waals surface area contributed by atoms with Crippen molar-refractivity contribution < 1.29 is 48.7 Å². The molecule has 1 atom stereocenters. The van der Waals surface area contributed by atoms with Gasteiger partial charge in [-0.1, -0.05) is 0 Å². The summed E-state index contributed by atoms with van der Waals surface area (Å²) in [5, 5.41) is 20.5. The van der Waals surface area contributed by atoms with Crippen LogP contribution in [0, 0.1) is 5.92 Å². The zero-order valence-corrected chi connectivity index (χ0v) is 22.5. The number of amides is 1. The van der Waals surface area contributed by atoms with E-state index in [0.29, 0.717) is 19.3 Å². The summed E-state index contributed by atoms with van der Waals surface area (Å²) in [5.41, 5.74) is 0. The van der Waals surface area contributed by atoms with Crippen LogP contribution in [0.15, 0.2) is 0 Å². The molecule has 0 saturated heterocycles. The molecular weight excluding hydrogens is 582 g/mol. The van der Waals surface area contributed by atoms with Gasteiger partial charge in [-0.2, -0.15) is 0 Å². The van der Waals surface area contributed by atoms with Gasteiger partial charge in [0.05, 0.1) is 0 Å². The molecule has 0 bridgehead atoms. The number of rotatable bonds is 22. The van der Waals surface area contributed by atoms with Gasteiger partial charge in [-0.15, -0.1) is 0 Å². The SMILES string of the molecule is CC(=O)CCCCCCCC[C](=[W])CCCCC[C@H](CC(=O)NCCCC(=O)O)C(=O)O. The predicted octanol–water partition coefficient (Wildman–Crippen LogP) is 4.44. The molecule has 0 fully saturated rings. The van der Waals surface area contributed by atoms with E-state index in [1.54, 1.807) is 30.2 Å². The Hall–Kier alpha value is -1.36. The Labute approximate surface area is 203 Å². The summed E-state index contributed by atoms with van der Waals surface area (Å²) in [5.74, 6) is -2.57. The number of carbonyl (C=O) groups excluding carboxylic acids is 2. The molecule has 7 nitrogen and oxygen atoms in total. The first-order valence-electron chi connectivity index (χ1n) is 11.9. The summed E-state index contributed by atoms with van der Waals surface area (Å²) in [6, 6.07) is 0. The maximum absolute atomic E-state index is 11.9. The van der Waals surface area contributed by atoms with E-state index >= 15 is 0 Å². The number of unbranched alkanes of at least 4 members (excludes halogenated alkanes) is 7. The standard InChI is InChI=1S/C24H41NO6.W/c1-20(26)15-12-10-8-6-4-2-3-5-7-9-11-13-16-21(24(30)31)19-22(27)25-18-14-17-23(28)29;/h21H,2-4,6-19H2,1H3,(H,25,27)(H,28,29)(H,30,31);/t21-;/m1./s1. The number of hydrogen-bond donors (Lipinski definition) is 3. The fraction of sp³-hybridized carbons (Fsp3) is 0.792. The minimum absolute atomic E-state index is 0.0109. The Kier molecular flexibility index (Phi) is 19.4. The molecule has 0 saturated carbocycles. The van der Waals surface area contributed by atoms with Gasteiger partial charge in [0.25, 0.3) is 0 Å². The van der Waals surface area contributed by atoms with E-state index in [-0.39, 0.29) is 31.1 Å². The zero-order valence-electron chi connectivity index (χ0n) is 19.5. The molecule has 3 N–H and O–H groups in total. The van der Waals surface area contributed by atoms with Crippen molar-refractivity contribution in [2.24, 2.45) is 5.92 Å². The Morgan fingerprint density at radius 1 is 0.750 bits per heavy atom. The molecule has 0 aromatic carbocycles. The topological polar surface area (TPSA) is 121 Å². The summed E-state index contributed by atoms with van der Waals surface area (Å²) in [4.78, 5) is 44.6. The first-order valence-corrected chi connectivity index (χ1v) is 13.4. The molecule has 0 aliphatic carbocycles. The van der Waals surface area contributed by atoms with Crippen LogP contribution in [0.2, 0.25) is 0 Å². The Bertz CT molecular complexity index is 593. The van der Waals surface area contributed by atoms with E-state index < -0.39 is 17.9 Å². The maximum atomic E-state index is 11.9. The Balaban J connectivity index is 3.75. The average Bonchev–Trinajstić information content (AvgIpc) is 2.71. The van der Waals surface area contributed by atoms with Crippen molar-refractivity contribution >= 4 is 27.5 Å². The number of Topliss-reactive ketones (excluding diaryl/α,β-unsaturated/α-hetero) is 1. The molecule has 0 aliphatic heterocycles. The van der Waals surface area contributed by atoms with E-state index in [2.05, 4.69) is 5.32 Å². The summed E-state index contributed by atoms with van der Waals surface area (Å²) >= 11 is 1.55. The van der Waals surface area contributed by atoms with E-state index in [4.69, 9.17) is 5.11 Å². The molecule has 0 aromatic heterocycles. The molecule has 0 radical (unpaired) electrons. The molecule has 0 rings (SSSR count). The monoisotopic (exact) mass is 623 g/mol. The Morgan fingerprint density at radius 2 is 1.28 bits per heavy atom. The van der Waals surface area contributed by atoms with Crippen molar-refractivity contribution in [3.05, 3.63) is 0 Å². The van der Waals surface area contributed by atoms with Crippen molar-refractivity contribution in [2.75, 3.05) is 6.54 Å². The summed E-state index contributed by atoms with van der Waals surface area (Å²) in [6.45, 7) is 1.91. The van der Waals surface area contributed by atoms with Gasteiger partial charge in [0, 0.05) is 6.42 Å². The molecule has 32 heavy (non-hydrogen) atoms. The summed E-state index contributed by atoms with van der Waals surface area (Å²) < 4.78 is 1.58. The molecular formula is C24H41NO6W. The predicted molar refractivity (Wildman–Crippen MR) is 121 cm³/mol. The zero-order chi connectivity index (χ0) is 24.2. The fourth-order valence-electron chi connectivity index (χ4n) is 3.49. The third kappa shape index (κ3) is 20.5. The number of hydrogen-bond acceptors (Lipinski definition) is 4. The second-order valence-electron chi connectivity index (χ2n) is 8.55. The number of carboxylic acid groups (broad SMARTS) is 2. The van der Waals surface area contributed by atoms with Gasteiger partial charge in [0.15, 0.2) is 0 Å². The molecule has 1 amide bonds. The van der Waals surface area contributed by atoms with Crippen molar-refractivity contribution in [3.8, 4) is 0 Å². The summed E-state index contributed by atoms with van der Waals surface area (Å²) in [7, 11) is 0. The molecule has 0 spiro atoms. The molecule has 0 unspecified atom stereocenters. The first-order chi connectivity index (χ1) is 15.2. The van der Waals surface area contributed by atoms with Crippen LogP contribution in [0.5, 0.6) is 0 Å². The second-order valence-corrected chi connectivity index (χ2v) is 10.6. The van der Waals surface area contributed by atoms with E-state index in [0.717, 1.165) is 38.5 Å². The van der Waals surface area contributed by atoms with Crippen LogP contribution in [-0.2, 0) is 38.5 Å². The van der Waals surface area contributed by atoms with Crippen LogP contribution < -0.4 is 5.32 Å². The molecule has 184 valence electrons. The van der Waals surface area contributed by atoms with Gasteiger partial charge in [0.2, 0.25) is 0 Å². The first kappa shape index (κ1) is 30.6. The van der Waals surface area contributed by atoms with Gasteiger partial charge in [-0.05, 0) is 0 Å². The van der Waals surface area contributed by atoms with Crippen molar-refractivity contribution in [3.63, 3.8) is 0 Å². The van der Waals surface area contributed by atoms with Gasteiger partial charge >= 0.3 is 187 Å². The fourth-order valence-corrected chi connectivity index (χ4v) is 4.53. The van der Waals surface area contributed by atoms with Crippen molar-refractivity contribution in [1.82, 2.24) is 5.32 Å². The Morgan fingerprint density at radius 3 is 1.81 bits per heavy atom. The van der Waals surface area contributed by atoms with Crippen LogP contribution in [0.25, 0.3) is 0 Å². The number of carbonyl (C=O) groups is 4. The van der Waals surface area contributed by atoms with Gasteiger partial charge in [0.1, 0.15) is 0 Å². The van der Waals surface area contributed by atoms with Gasteiger partial charge < -0.3 is 5.11 Å². The molecule has 8 heteroatoms. The quantitative estimate of drug-likeness (QED) is 0.154. The number of nitrogens with one attached hydrogen (secondary N) is 1. The van der Waals surface area contributed by atoms with Gasteiger partial charge in [-0.25, -0.2) is 0 Å². The normalized spacial score (nSPS) is 11.7. The van der Waals surface area contributed by atoms with Crippen molar-refractivity contribution in [2.45, 2.75) is 110 Å². The second kappa shape index (κ2) is 20.3. The van der Waals surface area contributed by atoms with Gasteiger partial charge in [-0.3, -0.25) is 4.79 Å². The molecule has 0 aliphatic rings. The van der Waals surface area contributed by atoms with E-state index in [9.17, 15) is 24.3 Å². The minimum atomic E-state index is -0.945. The number of ketones is 1. The number of aliphatic carboxylic acids is 2. The average molecular weight is 623 g/mol. The van der Waals surface area contributed by atoms with Crippen LogP contribution in [-0.4, -0.2) is 44.3 Å². The van der Waals surface area contributed by atoms with Crippen LogP contribution in [0.3, 0.4) is 0 Å². The molecule has 0 aromatic rings.